The molecule has 0 aliphatic rings. The zero-order chi connectivity index (χ0) is 13.5. The molecule has 7 heteroatoms. The number of carbonyl (C=O) groups is 2. The van der Waals surface area contributed by atoms with Gasteiger partial charge in [0.25, 0.3) is 0 Å². The van der Waals surface area contributed by atoms with E-state index < -0.39 is 12.2 Å². The number of carbonyl (C=O) groups excluding carboxylic acids is 2. The summed E-state index contributed by atoms with van der Waals surface area (Å²) in [6, 6.07) is 6.59. The Morgan fingerprint density at radius 1 is 1.22 bits per heavy atom. The molecule has 0 unspecified atom stereocenters. The Balaban J connectivity index is 3.12. The summed E-state index contributed by atoms with van der Waals surface area (Å²) in [6.45, 7) is 0. The van der Waals surface area contributed by atoms with Crippen molar-refractivity contribution < 1.29 is 19.1 Å². The Hall–Kier alpha value is -2.08. The summed E-state index contributed by atoms with van der Waals surface area (Å²) in [5, 5.41) is 2.62. The summed E-state index contributed by atoms with van der Waals surface area (Å²) < 4.78 is 8.83. The second-order valence-corrected chi connectivity index (χ2v) is 3.43. The molecule has 2 amide bonds. The lowest BCUT2D eigenvalue weighted by atomic mass is 10.2. The van der Waals surface area contributed by atoms with Crippen LogP contribution >= 0.6 is 11.6 Å². The molecule has 0 heterocycles. The first-order chi connectivity index (χ1) is 8.58. The minimum Gasteiger partial charge on any atom is -0.453 e. The van der Waals surface area contributed by atoms with Crippen LogP contribution in [0, 0.1) is 0 Å². The maximum atomic E-state index is 11.2. The molecular formula is C11H11ClN2O4. The molecule has 0 aromatic heterocycles. The maximum absolute atomic E-state index is 11.2. The Morgan fingerprint density at radius 3 is 2.44 bits per heavy atom. The number of methoxy groups -OCH3 is 2. The maximum Gasteiger partial charge on any atom is 0.435 e. The molecule has 1 aromatic carbocycles. The second-order valence-electron chi connectivity index (χ2n) is 3.03. The lowest BCUT2D eigenvalue weighted by Crippen LogP contribution is -2.32. The molecule has 96 valence electrons. The fraction of sp³-hybridized carbons (Fsp3) is 0.182. The fourth-order valence-electron chi connectivity index (χ4n) is 1.09. The zero-order valence-electron chi connectivity index (χ0n) is 9.77. The second kappa shape index (κ2) is 6.61. The number of ether oxygens (including phenoxy) is 2. The standard InChI is InChI=1S/C11H11ClN2O4/c1-17-10(15)13-9(14-11(16)18-2)7-5-3-4-6-8(7)12/h3-6H,1-2H3,(H,13,14,15,16). The molecule has 0 bridgehead atoms. The van der Waals surface area contributed by atoms with Gasteiger partial charge in [-0.1, -0.05) is 23.7 Å². The molecule has 6 nitrogen and oxygen atoms in total. The Labute approximate surface area is 109 Å². The van der Waals surface area contributed by atoms with E-state index >= 15 is 0 Å². The van der Waals surface area contributed by atoms with Crippen LogP contribution in [0.25, 0.3) is 0 Å². The van der Waals surface area contributed by atoms with E-state index in [-0.39, 0.29) is 5.84 Å². The van der Waals surface area contributed by atoms with E-state index in [9.17, 15) is 9.59 Å². The summed E-state index contributed by atoms with van der Waals surface area (Å²) in [6.07, 6.45) is -1.63. The number of rotatable bonds is 1. The molecule has 1 aromatic rings. The Kier molecular flexibility index (Phi) is 5.13. The number of hydrogen-bond acceptors (Lipinski definition) is 4. The van der Waals surface area contributed by atoms with Crippen molar-refractivity contribution in [1.82, 2.24) is 5.32 Å². The van der Waals surface area contributed by atoms with Crippen molar-refractivity contribution >= 4 is 29.6 Å². The van der Waals surface area contributed by atoms with E-state index in [1.807, 2.05) is 0 Å². The minimum atomic E-state index is -0.860. The number of alkyl carbamates (subject to hydrolysis) is 1. The molecule has 0 radical (unpaired) electrons. The van der Waals surface area contributed by atoms with E-state index in [0.29, 0.717) is 10.6 Å². The minimum absolute atomic E-state index is 0.0423. The van der Waals surface area contributed by atoms with E-state index in [0.717, 1.165) is 0 Å². The van der Waals surface area contributed by atoms with Gasteiger partial charge in [-0.3, -0.25) is 5.32 Å². The van der Waals surface area contributed by atoms with Crippen LogP contribution in [0.3, 0.4) is 0 Å². The fourth-order valence-corrected chi connectivity index (χ4v) is 1.32. The van der Waals surface area contributed by atoms with Crippen molar-refractivity contribution in [1.29, 1.82) is 0 Å². The third-order valence-corrected chi connectivity index (χ3v) is 2.24. The molecule has 18 heavy (non-hydrogen) atoms. The van der Waals surface area contributed by atoms with Crippen LogP contribution < -0.4 is 5.32 Å². The quantitative estimate of drug-likeness (QED) is 0.627. The van der Waals surface area contributed by atoms with Crippen LogP contribution in [-0.4, -0.2) is 32.2 Å². The van der Waals surface area contributed by atoms with E-state index in [1.165, 1.54) is 14.2 Å². The molecule has 0 spiro atoms. The number of benzene rings is 1. The monoisotopic (exact) mass is 270 g/mol. The van der Waals surface area contributed by atoms with Gasteiger partial charge in [0.1, 0.15) is 0 Å². The topological polar surface area (TPSA) is 77.0 Å². The van der Waals surface area contributed by atoms with Gasteiger partial charge >= 0.3 is 12.2 Å². The summed E-state index contributed by atoms with van der Waals surface area (Å²) >= 11 is 5.95. The predicted octanol–water partition coefficient (Wildman–Crippen LogP) is 2.21. The molecule has 0 aliphatic carbocycles. The smallest absolute Gasteiger partial charge is 0.435 e. The highest BCUT2D eigenvalue weighted by Crippen LogP contribution is 2.15. The summed E-state index contributed by atoms with van der Waals surface area (Å²) in [5.41, 5.74) is 0.384. The highest BCUT2D eigenvalue weighted by atomic mass is 35.5. The normalized spacial score (nSPS) is 10.7. The number of halogens is 1. The van der Waals surface area contributed by atoms with E-state index in [4.69, 9.17) is 11.6 Å². The largest absolute Gasteiger partial charge is 0.453 e. The highest BCUT2D eigenvalue weighted by molar-refractivity contribution is 6.34. The Morgan fingerprint density at radius 2 is 1.89 bits per heavy atom. The molecule has 0 saturated heterocycles. The van der Waals surface area contributed by atoms with Gasteiger partial charge in [0.2, 0.25) is 0 Å². The van der Waals surface area contributed by atoms with Crippen molar-refractivity contribution in [2.45, 2.75) is 0 Å². The van der Waals surface area contributed by atoms with Gasteiger partial charge in [0.15, 0.2) is 5.84 Å². The number of aliphatic imine (C=N–C) groups is 1. The van der Waals surface area contributed by atoms with Crippen LogP contribution in [0.4, 0.5) is 9.59 Å². The van der Waals surface area contributed by atoms with Crippen molar-refractivity contribution in [3.05, 3.63) is 34.9 Å². The lowest BCUT2D eigenvalue weighted by Gasteiger charge is -2.08. The van der Waals surface area contributed by atoms with Crippen molar-refractivity contribution in [2.24, 2.45) is 4.99 Å². The molecule has 1 rings (SSSR count). The molecule has 0 aliphatic heterocycles. The van der Waals surface area contributed by atoms with Gasteiger partial charge in [0.05, 0.1) is 19.2 Å². The van der Waals surface area contributed by atoms with Crippen LogP contribution in [0.2, 0.25) is 5.02 Å². The third-order valence-electron chi connectivity index (χ3n) is 1.91. The van der Waals surface area contributed by atoms with Gasteiger partial charge < -0.3 is 9.47 Å². The van der Waals surface area contributed by atoms with Gasteiger partial charge in [-0.05, 0) is 12.1 Å². The first kappa shape index (κ1) is 14.0. The third kappa shape index (κ3) is 3.74. The molecule has 1 N–H and O–H groups in total. The van der Waals surface area contributed by atoms with Crippen LogP contribution in [-0.2, 0) is 9.47 Å². The first-order valence-electron chi connectivity index (χ1n) is 4.85. The summed E-state index contributed by atoms with van der Waals surface area (Å²) in [7, 11) is 2.37. The van der Waals surface area contributed by atoms with E-state index in [1.54, 1.807) is 24.3 Å². The van der Waals surface area contributed by atoms with Crippen LogP contribution in [0.1, 0.15) is 5.56 Å². The van der Waals surface area contributed by atoms with Gasteiger partial charge in [-0.25, -0.2) is 9.59 Å². The van der Waals surface area contributed by atoms with Crippen LogP contribution in [0.5, 0.6) is 0 Å². The predicted molar refractivity (Wildman–Crippen MR) is 65.9 cm³/mol. The number of amides is 2. The number of amidine groups is 1. The van der Waals surface area contributed by atoms with Gasteiger partial charge in [-0.15, -0.1) is 0 Å². The highest BCUT2D eigenvalue weighted by Gasteiger charge is 2.13. The number of nitrogens with zero attached hydrogens (tertiary/aromatic N) is 1. The van der Waals surface area contributed by atoms with Crippen LogP contribution in [0.15, 0.2) is 29.3 Å². The molecule has 0 fully saturated rings. The SMILES string of the molecule is COC(=O)/N=C(/NC(=O)OC)c1ccccc1Cl. The number of nitrogens with one attached hydrogen (secondary N) is 1. The first-order valence-corrected chi connectivity index (χ1v) is 5.22. The zero-order valence-corrected chi connectivity index (χ0v) is 10.5. The number of hydrogen-bond donors (Lipinski definition) is 1. The van der Waals surface area contributed by atoms with E-state index in [2.05, 4.69) is 19.8 Å². The lowest BCUT2D eigenvalue weighted by molar-refractivity contribution is 0.176. The molecule has 0 atom stereocenters. The van der Waals surface area contributed by atoms with Gasteiger partial charge in [0, 0.05) is 5.56 Å². The summed E-state index contributed by atoms with van der Waals surface area (Å²) in [5.74, 6) is -0.0423. The Bertz CT molecular complexity index is 488. The average molecular weight is 271 g/mol. The van der Waals surface area contributed by atoms with Crippen molar-refractivity contribution in [3.8, 4) is 0 Å². The van der Waals surface area contributed by atoms with Crippen molar-refractivity contribution in [2.75, 3.05) is 14.2 Å². The van der Waals surface area contributed by atoms with Gasteiger partial charge in [-0.2, -0.15) is 4.99 Å². The molecule has 0 saturated carbocycles. The average Bonchev–Trinajstić information content (AvgIpc) is 2.38. The van der Waals surface area contributed by atoms with Crippen molar-refractivity contribution in [3.63, 3.8) is 0 Å². The summed E-state index contributed by atoms with van der Waals surface area (Å²) in [4.78, 5) is 25.9. The molecular weight excluding hydrogens is 260 g/mol.